The van der Waals surface area contributed by atoms with Crippen LogP contribution in [0.5, 0.6) is 0 Å². The van der Waals surface area contributed by atoms with Gasteiger partial charge < -0.3 is 10.2 Å². The van der Waals surface area contributed by atoms with Gasteiger partial charge in [-0.1, -0.05) is 19.9 Å². The van der Waals surface area contributed by atoms with Gasteiger partial charge in [-0.25, -0.2) is 0 Å². The maximum absolute atomic E-state index is 12.2. The molecule has 0 saturated carbocycles. The molecule has 0 saturated heterocycles. The predicted octanol–water partition coefficient (Wildman–Crippen LogP) is 3.14. The van der Waals surface area contributed by atoms with Gasteiger partial charge in [-0.2, -0.15) is 0 Å². The van der Waals surface area contributed by atoms with E-state index in [0.717, 1.165) is 12.1 Å². The molecule has 1 unspecified atom stereocenters. The van der Waals surface area contributed by atoms with Gasteiger partial charge >= 0.3 is 0 Å². The molecule has 0 fully saturated rings. The molecular weight excluding hydrogens is 260 g/mol. The summed E-state index contributed by atoms with van der Waals surface area (Å²) in [6, 6.07) is 7.73. The summed E-state index contributed by atoms with van der Waals surface area (Å²) >= 11 is 5.78. The molecule has 3 nitrogen and oxygen atoms in total. The zero-order valence-corrected chi connectivity index (χ0v) is 12.9. The minimum atomic E-state index is -0.0347. The molecule has 1 rings (SSSR count). The van der Waals surface area contributed by atoms with Crippen molar-refractivity contribution in [1.29, 1.82) is 0 Å². The van der Waals surface area contributed by atoms with Crippen molar-refractivity contribution in [2.75, 3.05) is 24.9 Å². The summed E-state index contributed by atoms with van der Waals surface area (Å²) in [7, 11) is 3.92. The maximum Gasteiger partial charge on any atom is 0.251 e. The van der Waals surface area contributed by atoms with E-state index in [0.29, 0.717) is 17.4 Å². The lowest BCUT2D eigenvalue weighted by Gasteiger charge is -2.22. The summed E-state index contributed by atoms with van der Waals surface area (Å²) in [5, 5.41) is 3.06. The summed E-state index contributed by atoms with van der Waals surface area (Å²) in [5.74, 6) is 0.896. The first kappa shape index (κ1) is 15.8. The van der Waals surface area contributed by atoms with Crippen molar-refractivity contribution in [1.82, 2.24) is 5.32 Å². The van der Waals surface area contributed by atoms with E-state index in [-0.39, 0.29) is 11.9 Å². The van der Waals surface area contributed by atoms with Crippen LogP contribution >= 0.6 is 11.6 Å². The number of hydrogen-bond acceptors (Lipinski definition) is 2. The Labute approximate surface area is 120 Å². The number of carbonyl (C=O) groups excluding carboxylic acids is 1. The molecule has 19 heavy (non-hydrogen) atoms. The molecule has 106 valence electrons. The SMILES string of the molecule is CC(C)C(CCCl)NC(=O)c1cccc(N(C)C)c1. The second-order valence-corrected chi connectivity index (χ2v) is 5.62. The van der Waals surface area contributed by atoms with Crippen molar-refractivity contribution in [2.24, 2.45) is 5.92 Å². The van der Waals surface area contributed by atoms with E-state index in [1.165, 1.54) is 0 Å². The van der Waals surface area contributed by atoms with Crippen LogP contribution in [0, 0.1) is 5.92 Å². The number of alkyl halides is 1. The highest BCUT2D eigenvalue weighted by Crippen LogP contribution is 2.14. The average Bonchev–Trinajstić information content (AvgIpc) is 2.38. The van der Waals surface area contributed by atoms with E-state index >= 15 is 0 Å². The number of anilines is 1. The van der Waals surface area contributed by atoms with Gasteiger partial charge in [-0.15, -0.1) is 11.6 Å². The zero-order valence-electron chi connectivity index (χ0n) is 12.1. The zero-order chi connectivity index (χ0) is 14.4. The van der Waals surface area contributed by atoms with Crippen LogP contribution < -0.4 is 10.2 Å². The van der Waals surface area contributed by atoms with Crippen LogP contribution in [0.25, 0.3) is 0 Å². The molecule has 1 atom stereocenters. The number of nitrogens with zero attached hydrogens (tertiary/aromatic N) is 1. The number of carbonyl (C=O) groups is 1. The normalized spacial score (nSPS) is 12.3. The molecule has 1 amide bonds. The van der Waals surface area contributed by atoms with E-state index in [4.69, 9.17) is 11.6 Å². The van der Waals surface area contributed by atoms with Crippen LogP contribution in [0.4, 0.5) is 5.69 Å². The van der Waals surface area contributed by atoms with Crippen LogP contribution in [-0.2, 0) is 0 Å². The van der Waals surface area contributed by atoms with E-state index in [2.05, 4.69) is 19.2 Å². The van der Waals surface area contributed by atoms with Crippen molar-refractivity contribution < 1.29 is 4.79 Å². The van der Waals surface area contributed by atoms with Crippen molar-refractivity contribution in [2.45, 2.75) is 26.3 Å². The molecular formula is C15H23ClN2O. The van der Waals surface area contributed by atoms with Gasteiger partial charge in [0.1, 0.15) is 0 Å². The van der Waals surface area contributed by atoms with Crippen molar-refractivity contribution in [3.05, 3.63) is 29.8 Å². The molecule has 0 bridgehead atoms. The average molecular weight is 283 g/mol. The quantitative estimate of drug-likeness (QED) is 0.813. The fraction of sp³-hybridized carbons (Fsp3) is 0.533. The Balaban J connectivity index is 2.79. The number of nitrogens with one attached hydrogen (secondary N) is 1. The predicted molar refractivity (Wildman–Crippen MR) is 82.2 cm³/mol. The van der Waals surface area contributed by atoms with Gasteiger partial charge in [-0.05, 0) is 30.5 Å². The Morgan fingerprint density at radius 3 is 2.58 bits per heavy atom. The summed E-state index contributed by atoms with van der Waals surface area (Å²) in [6.07, 6.45) is 0.790. The molecule has 1 N–H and O–H groups in total. The molecule has 0 radical (unpaired) electrons. The topological polar surface area (TPSA) is 32.3 Å². The van der Waals surface area contributed by atoms with Crippen LogP contribution in [0.3, 0.4) is 0 Å². The molecule has 0 aromatic heterocycles. The molecule has 0 aliphatic heterocycles. The largest absolute Gasteiger partial charge is 0.378 e. The first-order valence-electron chi connectivity index (χ1n) is 6.60. The maximum atomic E-state index is 12.2. The van der Waals surface area contributed by atoms with E-state index in [9.17, 15) is 4.79 Å². The van der Waals surface area contributed by atoms with E-state index in [1.807, 2.05) is 43.3 Å². The Kier molecular flexibility index (Phi) is 6.16. The van der Waals surface area contributed by atoms with Gasteiger partial charge in [0.05, 0.1) is 0 Å². The second kappa shape index (κ2) is 7.39. The molecule has 0 aliphatic carbocycles. The van der Waals surface area contributed by atoms with Crippen LogP contribution in [0.2, 0.25) is 0 Å². The van der Waals surface area contributed by atoms with Crippen molar-refractivity contribution in [3.63, 3.8) is 0 Å². The van der Waals surface area contributed by atoms with Crippen LogP contribution in [-0.4, -0.2) is 31.9 Å². The number of hydrogen-bond donors (Lipinski definition) is 1. The highest BCUT2D eigenvalue weighted by atomic mass is 35.5. The smallest absolute Gasteiger partial charge is 0.251 e. The molecule has 0 aliphatic rings. The fourth-order valence-electron chi connectivity index (χ4n) is 1.87. The Morgan fingerprint density at radius 2 is 2.05 bits per heavy atom. The number of amides is 1. The van der Waals surface area contributed by atoms with Gasteiger partial charge in [0, 0.05) is 37.3 Å². The van der Waals surface area contributed by atoms with Gasteiger partial charge in [0.2, 0.25) is 0 Å². The third-order valence-electron chi connectivity index (χ3n) is 3.17. The van der Waals surface area contributed by atoms with Gasteiger partial charge in [-0.3, -0.25) is 4.79 Å². The number of halogens is 1. The van der Waals surface area contributed by atoms with Gasteiger partial charge in [0.15, 0.2) is 0 Å². The highest BCUT2D eigenvalue weighted by Gasteiger charge is 2.16. The number of rotatable bonds is 6. The Morgan fingerprint density at radius 1 is 1.37 bits per heavy atom. The molecule has 4 heteroatoms. The second-order valence-electron chi connectivity index (χ2n) is 5.25. The Bertz CT molecular complexity index is 418. The van der Waals surface area contributed by atoms with E-state index < -0.39 is 0 Å². The van der Waals surface area contributed by atoms with Crippen molar-refractivity contribution in [3.8, 4) is 0 Å². The van der Waals surface area contributed by atoms with Crippen LogP contribution in [0.15, 0.2) is 24.3 Å². The fourth-order valence-corrected chi connectivity index (χ4v) is 2.10. The van der Waals surface area contributed by atoms with Gasteiger partial charge in [0.25, 0.3) is 5.91 Å². The van der Waals surface area contributed by atoms with Crippen molar-refractivity contribution >= 4 is 23.2 Å². The minimum absolute atomic E-state index is 0.0347. The molecule has 0 heterocycles. The summed E-state index contributed by atoms with van der Waals surface area (Å²) in [4.78, 5) is 14.2. The molecule has 1 aromatic rings. The first-order chi connectivity index (χ1) is 8.95. The lowest BCUT2D eigenvalue weighted by atomic mass is 10.0. The van der Waals surface area contributed by atoms with E-state index in [1.54, 1.807) is 0 Å². The standard InChI is InChI=1S/C15H23ClN2O/c1-11(2)14(8-9-16)17-15(19)12-6-5-7-13(10-12)18(3)4/h5-7,10-11,14H,8-9H2,1-4H3,(H,17,19). The number of benzene rings is 1. The third kappa shape index (κ3) is 4.75. The lowest BCUT2D eigenvalue weighted by Crippen LogP contribution is -2.38. The monoisotopic (exact) mass is 282 g/mol. The lowest BCUT2D eigenvalue weighted by molar-refractivity contribution is 0.0925. The summed E-state index contributed by atoms with van der Waals surface area (Å²) in [6.45, 7) is 4.18. The third-order valence-corrected chi connectivity index (χ3v) is 3.38. The molecule has 1 aromatic carbocycles. The van der Waals surface area contributed by atoms with Crippen LogP contribution in [0.1, 0.15) is 30.6 Å². The molecule has 0 spiro atoms. The highest BCUT2D eigenvalue weighted by molar-refractivity contribution is 6.17. The first-order valence-corrected chi connectivity index (χ1v) is 7.13. The summed E-state index contributed by atoms with van der Waals surface area (Å²) in [5.41, 5.74) is 1.71. The Hall–Kier alpha value is -1.22. The summed E-state index contributed by atoms with van der Waals surface area (Å²) < 4.78 is 0. The minimum Gasteiger partial charge on any atom is -0.378 e.